The van der Waals surface area contributed by atoms with Crippen molar-refractivity contribution in [3.05, 3.63) is 70.8 Å². The van der Waals surface area contributed by atoms with Gasteiger partial charge in [0.25, 0.3) is 0 Å². The number of carbonyl (C=O) groups excluding carboxylic acids is 1. The summed E-state index contributed by atoms with van der Waals surface area (Å²) in [4.78, 5) is 14.7. The summed E-state index contributed by atoms with van der Waals surface area (Å²) in [6, 6.07) is 16.9. The van der Waals surface area contributed by atoms with E-state index in [4.69, 9.17) is 0 Å². The van der Waals surface area contributed by atoms with Crippen molar-refractivity contribution >= 4 is 17.7 Å². The predicted octanol–water partition coefficient (Wildman–Crippen LogP) is 4.14. The molecule has 1 saturated heterocycles. The van der Waals surface area contributed by atoms with Crippen LogP contribution in [0, 0.1) is 6.92 Å². The molecule has 1 N–H and O–H groups in total. The monoisotopic (exact) mass is 368 g/mol. The largest absolute Gasteiger partial charge is 0.351 e. The lowest BCUT2D eigenvalue weighted by atomic mass is 10.1. The van der Waals surface area contributed by atoms with Crippen LogP contribution < -0.4 is 5.32 Å². The second kappa shape index (κ2) is 9.79. The molecule has 0 spiro atoms. The highest BCUT2D eigenvalue weighted by Gasteiger charge is 2.13. The minimum Gasteiger partial charge on any atom is -0.351 e. The van der Waals surface area contributed by atoms with Gasteiger partial charge in [0.15, 0.2) is 0 Å². The second-order valence-electron chi connectivity index (χ2n) is 7.01. The van der Waals surface area contributed by atoms with Crippen LogP contribution in [0.1, 0.15) is 35.1 Å². The van der Waals surface area contributed by atoms with Crippen LogP contribution in [0.25, 0.3) is 0 Å². The molecular formula is C22H28N2OS. The van der Waals surface area contributed by atoms with E-state index in [1.807, 2.05) is 0 Å². The molecule has 1 aliphatic heterocycles. The molecule has 4 heteroatoms. The summed E-state index contributed by atoms with van der Waals surface area (Å²) in [6.07, 6.45) is 2.61. The molecule has 0 unspecified atom stereocenters. The van der Waals surface area contributed by atoms with E-state index in [1.165, 1.54) is 48.2 Å². The summed E-state index contributed by atoms with van der Waals surface area (Å²) in [7, 11) is 0. The summed E-state index contributed by atoms with van der Waals surface area (Å²) in [5, 5.41) is 3.08. The first kappa shape index (κ1) is 19.0. The fourth-order valence-electron chi connectivity index (χ4n) is 3.37. The van der Waals surface area contributed by atoms with Gasteiger partial charge in [0.1, 0.15) is 0 Å². The van der Waals surface area contributed by atoms with E-state index in [-0.39, 0.29) is 5.91 Å². The maximum absolute atomic E-state index is 12.2. The number of hydrogen-bond donors (Lipinski definition) is 1. The van der Waals surface area contributed by atoms with Gasteiger partial charge in [0.2, 0.25) is 5.91 Å². The molecule has 0 saturated carbocycles. The Morgan fingerprint density at radius 2 is 1.85 bits per heavy atom. The minimum absolute atomic E-state index is 0.110. The molecule has 3 rings (SSSR count). The van der Waals surface area contributed by atoms with Crippen molar-refractivity contribution in [1.29, 1.82) is 0 Å². The Balaban J connectivity index is 1.44. The Bertz CT molecular complexity index is 726. The van der Waals surface area contributed by atoms with Crippen molar-refractivity contribution in [1.82, 2.24) is 10.2 Å². The molecule has 138 valence electrons. The number of likely N-dealkylation sites (tertiary alicyclic amines) is 1. The third-order valence-electron chi connectivity index (χ3n) is 4.77. The molecule has 1 amide bonds. The van der Waals surface area contributed by atoms with Gasteiger partial charge in [-0.2, -0.15) is 0 Å². The Morgan fingerprint density at radius 1 is 1.08 bits per heavy atom. The standard InChI is InChI=1S/C22H28N2OS/c1-18-7-6-8-19(13-18)16-26-17-22(25)23-14-20-9-2-3-10-21(20)15-24-11-4-5-12-24/h2-3,6-10,13H,4-5,11-12,14-17H2,1H3,(H,23,25). The smallest absolute Gasteiger partial charge is 0.230 e. The Labute approximate surface area is 161 Å². The normalized spacial score (nSPS) is 14.5. The molecule has 0 aliphatic carbocycles. The SMILES string of the molecule is Cc1cccc(CSCC(=O)NCc2ccccc2CN2CCCC2)c1. The van der Waals surface area contributed by atoms with Crippen LogP contribution in [0.15, 0.2) is 48.5 Å². The summed E-state index contributed by atoms with van der Waals surface area (Å²) >= 11 is 1.67. The fraction of sp³-hybridized carbons (Fsp3) is 0.409. The van der Waals surface area contributed by atoms with Crippen LogP contribution in [-0.2, 0) is 23.6 Å². The lowest BCUT2D eigenvalue weighted by Crippen LogP contribution is -2.26. The van der Waals surface area contributed by atoms with Crippen LogP contribution in [0.3, 0.4) is 0 Å². The molecule has 2 aromatic carbocycles. The zero-order valence-electron chi connectivity index (χ0n) is 15.5. The molecule has 0 bridgehead atoms. The summed E-state index contributed by atoms with van der Waals surface area (Å²) < 4.78 is 0. The molecule has 26 heavy (non-hydrogen) atoms. The summed E-state index contributed by atoms with van der Waals surface area (Å²) in [5.41, 5.74) is 5.11. The van der Waals surface area contributed by atoms with Crippen LogP contribution in [-0.4, -0.2) is 29.6 Å². The van der Waals surface area contributed by atoms with E-state index in [0.29, 0.717) is 12.3 Å². The molecule has 0 radical (unpaired) electrons. The average molecular weight is 369 g/mol. The van der Waals surface area contributed by atoms with Gasteiger partial charge in [-0.25, -0.2) is 0 Å². The summed E-state index contributed by atoms with van der Waals surface area (Å²) in [6.45, 7) is 6.09. The number of rotatable bonds is 8. The minimum atomic E-state index is 0.110. The van der Waals surface area contributed by atoms with Crippen LogP contribution in [0.5, 0.6) is 0 Å². The Hall–Kier alpha value is -1.78. The predicted molar refractivity (Wildman–Crippen MR) is 110 cm³/mol. The molecular weight excluding hydrogens is 340 g/mol. The molecule has 1 aliphatic rings. The highest BCUT2D eigenvalue weighted by molar-refractivity contribution is 7.99. The number of amides is 1. The van der Waals surface area contributed by atoms with E-state index < -0.39 is 0 Å². The molecule has 0 atom stereocenters. The van der Waals surface area contributed by atoms with Crippen LogP contribution in [0.4, 0.5) is 0 Å². The zero-order valence-corrected chi connectivity index (χ0v) is 16.4. The van der Waals surface area contributed by atoms with Crippen LogP contribution >= 0.6 is 11.8 Å². The Morgan fingerprint density at radius 3 is 2.62 bits per heavy atom. The number of nitrogens with zero attached hydrogens (tertiary/aromatic N) is 1. The van der Waals surface area contributed by atoms with E-state index in [2.05, 4.69) is 65.7 Å². The van der Waals surface area contributed by atoms with Gasteiger partial charge in [-0.3, -0.25) is 9.69 Å². The molecule has 1 heterocycles. The van der Waals surface area contributed by atoms with E-state index in [9.17, 15) is 4.79 Å². The van der Waals surface area contributed by atoms with Gasteiger partial charge >= 0.3 is 0 Å². The van der Waals surface area contributed by atoms with Gasteiger partial charge in [0.05, 0.1) is 5.75 Å². The van der Waals surface area contributed by atoms with Crippen molar-refractivity contribution in [3.63, 3.8) is 0 Å². The maximum atomic E-state index is 12.2. The number of hydrogen-bond acceptors (Lipinski definition) is 3. The van der Waals surface area contributed by atoms with Crippen molar-refractivity contribution in [2.75, 3.05) is 18.8 Å². The topological polar surface area (TPSA) is 32.3 Å². The third-order valence-corrected chi connectivity index (χ3v) is 5.78. The summed E-state index contributed by atoms with van der Waals surface area (Å²) in [5.74, 6) is 1.49. The van der Waals surface area contributed by atoms with E-state index in [0.717, 1.165) is 12.3 Å². The Kier molecular flexibility index (Phi) is 7.15. The lowest BCUT2D eigenvalue weighted by molar-refractivity contribution is -0.118. The molecule has 0 aromatic heterocycles. The highest BCUT2D eigenvalue weighted by Crippen LogP contribution is 2.16. The van der Waals surface area contributed by atoms with Gasteiger partial charge in [-0.1, -0.05) is 54.1 Å². The average Bonchev–Trinajstić information content (AvgIpc) is 3.14. The van der Waals surface area contributed by atoms with Gasteiger partial charge in [-0.05, 0) is 49.5 Å². The van der Waals surface area contributed by atoms with Crippen molar-refractivity contribution in [2.24, 2.45) is 0 Å². The first-order valence-corrected chi connectivity index (χ1v) is 10.6. The van der Waals surface area contributed by atoms with Gasteiger partial charge in [0, 0.05) is 18.8 Å². The molecule has 1 fully saturated rings. The maximum Gasteiger partial charge on any atom is 0.230 e. The van der Waals surface area contributed by atoms with Crippen molar-refractivity contribution in [2.45, 2.75) is 38.6 Å². The molecule has 3 nitrogen and oxygen atoms in total. The first-order valence-electron chi connectivity index (χ1n) is 9.40. The van der Waals surface area contributed by atoms with E-state index >= 15 is 0 Å². The molecule has 2 aromatic rings. The van der Waals surface area contributed by atoms with Crippen molar-refractivity contribution < 1.29 is 4.79 Å². The number of thioether (sulfide) groups is 1. The number of benzene rings is 2. The third kappa shape index (κ3) is 5.89. The van der Waals surface area contributed by atoms with Gasteiger partial charge in [-0.15, -0.1) is 11.8 Å². The quantitative estimate of drug-likeness (QED) is 0.760. The van der Waals surface area contributed by atoms with Crippen LogP contribution in [0.2, 0.25) is 0 Å². The van der Waals surface area contributed by atoms with E-state index in [1.54, 1.807) is 11.8 Å². The number of aryl methyl sites for hydroxylation is 1. The van der Waals surface area contributed by atoms with Gasteiger partial charge < -0.3 is 5.32 Å². The zero-order chi connectivity index (χ0) is 18.2. The number of carbonyl (C=O) groups is 1. The highest BCUT2D eigenvalue weighted by atomic mass is 32.2. The van der Waals surface area contributed by atoms with Crippen molar-refractivity contribution in [3.8, 4) is 0 Å². The lowest BCUT2D eigenvalue weighted by Gasteiger charge is -2.17. The second-order valence-corrected chi connectivity index (χ2v) is 8.00. The fourth-order valence-corrected chi connectivity index (χ4v) is 4.18. The number of nitrogens with one attached hydrogen (secondary N) is 1. The first-order chi connectivity index (χ1) is 12.7.